The van der Waals surface area contributed by atoms with Crippen molar-refractivity contribution in [3.05, 3.63) is 34.9 Å². The summed E-state index contributed by atoms with van der Waals surface area (Å²) < 4.78 is 4.65. The molecule has 0 bridgehead atoms. The van der Waals surface area contributed by atoms with Gasteiger partial charge in [0.15, 0.2) is 0 Å². The minimum atomic E-state index is -0.273. The largest absolute Gasteiger partial charge is 0.468 e. The van der Waals surface area contributed by atoms with Crippen molar-refractivity contribution in [1.29, 1.82) is 0 Å². The molecule has 3 heteroatoms. The zero-order valence-electron chi connectivity index (χ0n) is 10.3. The highest BCUT2D eigenvalue weighted by atomic mass is 16.5. The van der Waals surface area contributed by atoms with Gasteiger partial charge in [-0.1, -0.05) is 18.2 Å². The second-order valence-corrected chi connectivity index (χ2v) is 3.98. The van der Waals surface area contributed by atoms with Gasteiger partial charge in [-0.05, 0) is 37.5 Å². The molecule has 0 heterocycles. The first kappa shape index (κ1) is 12.7. The molecule has 0 aromatic heterocycles. The first-order valence-corrected chi connectivity index (χ1v) is 5.42. The van der Waals surface area contributed by atoms with Crippen LogP contribution in [0.4, 0.5) is 0 Å². The number of methoxy groups -OCH3 is 1. The fourth-order valence-electron chi connectivity index (χ4n) is 1.53. The maximum Gasteiger partial charge on any atom is 0.322 e. The molecule has 0 aliphatic heterocycles. The lowest BCUT2D eigenvalue weighted by Crippen LogP contribution is -2.34. The van der Waals surface area contributed by atoms with Crippen LogP contribution < -0.4 is 5.32 Å². The lowest BCUT2D eigenvalue weighted by molar-refractivity contribution is -0.142. The minimum Gasteiger partial charge on any atom is -0.468 e. The van der Waals surface area contributed by atoms with Crippen LogP contribution in [0.1, 0.15) is 23.6 Å². The van der Waals surface area contributed by atoms with E-state index in [2.05, 4.69) is 36.0 Å². The van der Waals surface area contributed by atoms with Gasteiger partial charge in [0.05, 0.1) is 7.11 Å². The van der Waals surface area contributed by atoms with E-state index in [0.717, 1.165) is 0 Å². The second-order valence-electron chi connectivity index (χ2n) is 3.98. The Morgan fingerprint density at radius 3 is 2.75 bits per heavy atom. The van der Waals surface area contributed by atoms with Crippen LogP contribution in [0, 0.1) is 13.8 Å². The van der Waals surface area contributed by atoms with E-state index in [4.69, 9.17) is 0 Å². The van der Waals surface area contributed by atoms with Crippen molar-refractivity contribution < 1.29 is 9.53 Å². The molecule has 1 aromatic carbocycles. The van der Waals surface area contributed by atoms with E-state index in [1.54, 1.807) is 6.92 Å². The molecular weight excluding hydrogens is 202 g/mol. The summed E-state index contributed by atoms with van der Waals surface area (Å²) in [5.41, 5.74) is 3.76. The maximum atomic E-state index is 11.2. The highest BCUT2D eigenvalue weighted by Crippen LogP contribution is 2.12. The summed E-state index contributed by atoms with van der Waals surface area (Å²) >= 11 is 0. The predicted molar refractivity (Wildman–Crippen MR) is 64.2 cm³/mol. The summed E-state index contributed by atoms with van der Waals surface area (Å²) in [5, 5.41) is 3.14. The maximum absolute atomic E-state index is 11.2. The summed E-state index contributed by atoms with van der Waals surface area (Å²) in [4.78, 5) is 11.2. The van der Waals surface area contributed by atoms with Gasteiger partial charge in [0.25, 0.3) is 0 Å². The van der Waals surface area contributed by atoms with Crippen molar-refractivity contribution in [2.24, 2.45) is 0 Å². The molecule has 0 aliphatic rings. The Kier molecular flexibility index (Phi) is 4.50. The number of esters is 1. The molecule has 0 radical (unpaired) electrons. The Labute approximate surface area is 96.8 Å². The van der Waals surface area contributed by atoms with E-state index in [1.807, 2.05) is 6.07 Å². The molecule has 88 valence electrons. The second kappa shape index (κ2) is 5.66. The van der Waals surface area contributed by atoms with Gasteiger partial charge in [-0.3, -0.25) is 4.79 Å². The summed E-state index contributed by atoms with van der Waals surface area (Å²) in [6.45, 7) is 6.67. The van der Waals surface area contributed by atoms with E-state index in [9.17, 15) is 4.79 Å². The number of nitrogens with one attached hydrogen (secondary N) is 1. The van der Waals surface area contributed by atoms with Gasteiger partial charge in [0, 0.05) is 6.54 Å². The summed E-state index contributed by atoms with van der Waals surface area (Å²) in [7, 11) is 1.40. The van der Waals surface area contributed by atoms with Gasteiger partial charge < -0.3 is 10.1 Å². The van der Waals surface area contributed by atoms with Crippen molar-refractivity contribution in [2.75, 3.05) is 7.11 Å². The molecule has 1 atom stereocenters. The molecule has 0 saturated heterocycles. The van der Waals surface area contributed by atoms with E-state index >= 15 is 0 Å². The molecule has 0 aliphatic carbocycles. The molecule has 1 aromatic rings. The predicted octanol–water partition coefficient (Wildman–Crippen LogP) is 1.95. The Balaban J connectivity index is 2.61. The average molecular weight is 221 g/mol. The molecule has 1 N–H and O–H groups in total. The first-order valence-electron chi connectivity index (χ1n) is 5.42. The third-order valence-corrected chi connectivity index (χ3v) is 2.87. The van der Waals surface area contributed by atoms with Crippen LogP contribution in [0.2, 0.25) is 0 Å². The highest BCUT2D eigenvalue weighted by molar-refractivity contribution is 5.75. The van der Waals surface area contributed by atoms with Crippen LogP contribution in [0.3, 0.4) is 0 Å². The van der Waals surface area contributed by atoms with Gasteiger partial charge in [-0.15, -0.1) is 0 Å². The number of aryl methyl sites for hydroxylation is 1. The van der Waals surface area contributed by atoms with E-state index in [1.165, 1.54) is 23.8 Å². The summed E-state index contributed by atoms with van der Waals surface area (Å²) in [5.74, 6) is -0.231. The molecule has 0 saturated carbocycles. The van der Waals surface area contributed by atoms with Crippen LogP contribution in [0.25, 0.3) is 0 Å². The van der Waals surface area contributed by atoms with Crippen LogP contribution in [0.5, 0.6) is 0 Å². The van der Waals surface area contributed by atoms with Crippen molar-refractivity contribution in [3.8, 4) is 0 Å². The number of benzene rings is 1. The van der Waals surface area contributed by atoms with Gasteiger partial charge >= 0.3 is 5.97 Å². The lowest BCUT2D eigenvalue weighted by Gasteiger charge is -2.13. The van der Waals surface area contributed by atoms with Crippen molar-refractivity contribution in [3.63, 3.8) is 0 Å². The first-order chi connectivity index (χ1) is 7.56. The molecule has 0 unspecified atom stereocenters. The molecular formula is C13H19NO2. The number of carbonyl (C=O) groups is 1. The quantitative estimate of drug-likeness (QED) is 0.790. The SMILES string of the molecule is COC(=O)[C@H](C)NCc1cccc(C)c1C. The molecule has 0 spiro atoms. The molecule has 3 nitrogen and oxygen atoms in total. The van der Waals surface area contributed by atoms with Gasteiger partial charge in [0.1, 0.15) is 6.04 Å². The normalized spacial score (nSPS) is 12.2. The van der Waals surface area contributed by atoms with Crippen molar-refractivity contribution in [2.45, 2.75) is 33.4 Å². The van der Waals surface area contributed by atoms with E-state index < -0.39 is 0 Å². The Morgan fingerprint density at radius 2 is 2.12 bits per heavy atom. The third-order valence-electron chi connectivity index (χ3n) is 2.87. The minimum absolute atomic E-state index is 0.231. The van der Waals surface area contributed by atoms with Crippen LogP contribution in [-0.2, 0) is 16.1 Å². The Hall–Kier alpha value is -1.35. The number of carbonyl (C=O) groups excluding carboxylic acids is 1. The van der Waals surface area contributed by atoms with E-state index in [-0.39, 0.29) is 12.0 Å². The number of ether oxygens (including phenoxy) is 1. The fourth-order valence-corrected chi connectivity index (χ4v) is 1.53. The van der Waals surface area contributed by atoms with E-state index in [0.29, 0.717) is 6.54 Å². The zero-order chi connectivity index (χ0) is 12.1. The standard InChI is InChI=1S/C13H19NO2/c1-9-6-5-7-12(10(9)2)8-14-11(3)13(15)16-4/h5-7,11,14H,8H2,1-4H3/t11-/m0/s1. The van der Waals surface area contributed by atoms with Crippen LogP contribution in [-0.4, -0.2) is 19.1 Å². The lowest BCUT2D eigenvalue weighted by atomic mass is 10.0. The number of rotatable bonds is 4. The number of hydrogen-bond acceptors (Lipinski definition) is 3. The molecule has 16 heavy (non-hydrogen) atoms. The third kappa shape index (κ3) is 3.07. The Bertz CT molecular complexity index is 374. The van der Waals surface area contributed by atoms with Crippen molar-refractivity contribution in [1.82, 2.24) is 5.32 Å². The number of hydrogen-bond donors (Lipinski definition) is 1. The fraction of sp³-hybridized carbons (Fsp3) is 0.462. The van der Waals surface area contributed by atoms with Gasteiger partial charge in [0.2, 0.25) is 0 Å². The monoisotopic (exact) mass is 221 g/mol. The summed E-state index contributed by atoms with van der Waals surface area (Å²) in [6, 6.07) is 5.91. The smallest absolute Gasteiger partial charge is 0.322 e. The highest BCUT2D eigenvalue weighted by Gasteiger charge is 2.12. The topological polar surface area (TPSA) is 38.3 Å². The van der Waals surface area contributed by atoms with Crippen LogP contribution in [0.15, 0.2) is 18.2 Å². The van der Waals surface area contributed by atoms with Gasteiger partial charge in [-0.25, -0.2) is 0 Å². The zero-order valence-corrected chi connectivity index (χ0v) is 10.3. The molecule has 1 rings (SSSR count). The average Bonchev–Trinajstić information content (AvgIpc) is 2.29. The van der Waals surface area contributed by atoms with Crippen molar-refractivity contribution >= 4 is 5.97 Å². The summed E-state index contributed by atoms with van der Waals surface area (Å²) in [6.07, 6.45) is 0. The Morgan fingerprint density at radius 1 is 1.44 bits per heavy atom. The van der Waals surface area contributed by atoms with Crippen LogP contribution >= 0.6 is 0 Å². The van der Waals surface area contributed by atoms with Gasteiger partial charge in [-0.2, -0.15) is 0 Å². The molecule has 0 fully saturated rings. The molecule has 0 amide bonds.